The Balaban J connectivity index is 1.72. The highest BCUT2D eigenvalue weighted by Gasteiger charge is 2.25. The third kappa shape index (κ3) is 2.53. The van der Waals surface area contributed by atoms with E-state index < -0.39 is 6.09 Å². The van der Waals surface area contributed by atoms with Crippen molar-refractivity contribution in [3.05, 3.63) is 78.2 Å². The van der Waals surface area contributed by atoms with E-state index >= 15 is 0 Å². The van der Waals surface area contributed by atoms with Crippen LogP contribution in [0.2, 0.25) is 0 Å². The number of carbonyl (C=O) groups is 1. The molecule has 0 bridgehead atoms. The number of aromatic nitrogens is 2. The summed E-state index contributed by atoms with van der Waals surface area (Å²) in [6.07, 6.45) is 1.48. The number of hydrogen-bond acceptors (Lipinski definition) is 2. The van der Waals surface area contributed by atoms with Crippen LogP contribution in [0, 0.1) is 5.82 Å². The van der Waals surface area contributed by atoms with Crippen molar-refractivity contribution in [1.82, 2.24) is 9.55 Å². The van der Waals surface area contributed by atoms with Crippen LogP contribution in [0.4, 0.5) is 14.9 Å². The van der Waals surface area contributed by atoms with Crippen molar-refractivity contribution < 1.29 is 14.3 Å². The third-order valence-electron chi connectivity index (χ3n) is 5.15. The first-order valence-corrected chi connectivity index (χ1v) is 8.98. The highest BCUT2D eigenvalue weighted by atomic mass is 19.1. The van der Waals surface area contributed by atoms with E-state index in [4.69, 9.17) is 0 Å². The summed E-state index contributed by atoms with van der Waals surface area (Å²) in [5, 5.41) is 10.3. The Morgan fingerprint density at radius 3 is 2.68 bits per heavy atom. The molecule has 138 valence electrons. The number of fused-ring (bicyclic) bond motifs is 2. The van der Waals surface area contributed by atoms with Crippen LogP contribution in [-0.4, -0.2) is 27.3 Å². The lowest BCUT2D eigenvalue weighted by Crippen LogP contribution is -2.26. The topological polar surface area (TPSA) is 58.4 Å². The summed E-state index contributed by atoms with van der Waals surface area (Å²) < 4.78 is 15.4. The van der Waals surface area contributed by atoms with E-state index in [1.54, 1.807) is 18.3 Å². The minimum absolute atomic E-state index is 0.282. The molecule has 4 aromatic rings. The van der Waals surface area contributed by atoms with Gasteiger partial charge in [0.25, 0.3) is 0 Å². The Morgan fingerprint density at radius 1 is 1.07 bits per heavy atom. The Bertz CT molecular complexity index is 1210. The van der Waals surface area contributed by atoms with Crippen LogP contribution in [0.3, 0.4) is 0 Å². The van der Waals surface area contributed by atoms with Gasteiger partial charge in [0, 0.05) is 23.8 Å². The molecule has 2 aromatic carbocycles. The number of carboxylic acid groups (broad SMARTS) is 1. The van der Waals surface area contributed by atoms with E-state index in [-0.39, 0.29) is 5.82 Å². The van der Waals surface area contributed by atoms with E-state index in [2.05, 4.69) is 4.98 Å². The summed E-state index contributed by atoms with van der Waals surface area (Å²) in [4.78, 5) is 17.3. The molecule has 0 aliphatic carbocycles. The van der Waals surface area contributed by atoms with Crippen molar-refractivity contribution in [2.24, 2.45) is 0 Å². The van der Waals surface area contributed by atoms with Gasteiger partial charge in [-0.25, -0.2) is 14.2 Å². The minimum Gasteiger partial charge on any atom is -0.465 e. The SMILES string of the molecule is O=C(O)N1CCc2cc(-n3c(-c4ccc(F)cc4)cc4cccnc43)ccc21. The summed E-state index contributed by atoms with van der Waals surface area (Å²) in [6.45, 7) is 0.462. The van der Waals surface area contributed by atoms with Crippen molar-refractivity contribution in [3.63, 3.8) is 0 Å². The molecule has 1 N–H and O–H groups in total. The lowest BCUT2D eigenvalue weighted by molar-refractivity contribution is 0.202. The quantitative estimate of drug-likeness (QED) is 0.545. The van der Waals surface area contributed by atoms with Gasteiger partial charge < -0.3 is 5.11 Å². The Hall–Kier alpha value is -3.67. The molecule has 1 aliphatic heterocycles. The highest BCUT2D eigenvalue weighted by Crippen LogP contribution is 2.34. The minimum atomic E-state index is -0.938. The van der Waals surface area contributed by atoms with Crippen LogP contribution in [0.5, 0.6) is 0 Å². The summed E-state index contributed by atoms with van der Waals surface area (Å²) in [7, 11) is 0. The molecule has 1 amide bonds. The van der Waals surface area contributed by atoms with Crippen molar-refractivity contribution >= 4 is 22.8 Å². The molecular weight excluding hydrogens is 357 g/mol. The lowest BCUT2D eigenvalue weighted by Gasteiger charge is -2.15. The first-order chi connectivity index (χ1) is 13.6. The molecule has 1 aliphatic rings. The van der Waals surface area contributed by atoms with Gasteiger partial charge in [0.15, 0.2) is 0 Å². The molecule has 0 atom stereocenters. The fourth-order valence-electron chi connectivity index (χ4n) is 3.86. The second-order valence-corrected chi connectivity index (χ2v) is 6.79. The molecular formula is C22H16FN3O2. The van der Waals surface area contributed by atoms with Gasteiger partial charge in [-0.05, 0) is 78.2 Å². The summed E-state index contributed by atoms with van der Waals surface area (Å²) in [5.41, 5.74) is 5.20. The zero-order chi connectivity index (χ0) is 19.3. The van der Waals surface area contributed by atoms with Gasteiger partial charge in [-0.2, -0.15) is 0 Å². The van der Waals surface area contributed by atoms with Crippen LogP contribution in [0.15, 0.2) is 66.9 Å². The molecule has 3 heterocycles. The van der Waals surface area contributed by atoms with E-state index in [0.717, 1.165) is 39.2 Å². The number of anilines is 1. The van der Waals surface area contributed by atoms with Crippen LogP contribution in [0.1, 0.15) is 5.56 Å². The maximum absolute atomic E-state index is 13.4. The zero-order valence-corrected chi connectivity index (χ0v) is 14.8. The highest BCUT2D eigenvalue weighted by molar-refractivity contribution is 5.90. The van der Waals surface area contributed by atoms with Gasteiger partial charge in [-0.1, -0.05) is 0 Å². The average Bonchev–Trinajstić information content (AvgIpc) is 3.29. The number of halogens is 1. The van der Waals surface area contributed by atoms with Crippen molar-refractivity contribution in [3.8, 4) is 16.9 Å². The predicted molar refractivity (Wildman–Crippen MR) is 106 cm³/mol. The maximum Gasteiger partial charge on any atom is 0.411 e. The number of hydrogen-bond donors (Lipinski definition) is 1. The molecule has 6 heteroatoms. The lowest BCUT2D eigenvalue weighted by atomic mass is 10.1. The summed E-state index contributed by atoms with van der Waals surface area (Å²) in [6, 6.07) is 18.1. The molecule has 2 aromatic heterocycles. The van der Waals surface area contributed by atoms with Crippen molar-refractivity contribution in [2.45, 2.75) is 6.42 Å². The van der Waals surface area contributed by atoms with Gasteiger partial charge in [0.2, 0.25) is 0 Å². The monoisotopic (exact) mass is 373 g/mol. The molecule has 0 saturated carbocycles. The number of nitrogens with zero attached hydrogens (tertiary/aromatic N) is 3. The number of rotatable bonds is 2. The van der Waals surface area contributed by atoms with Gasteiger partial charge in [0.1, 0.15) is 11.5 Å². The summed E-state index contributed by atoms with van der Waals surface area (Å²) >= 11 is 0. The fourth-order valence-corrected chi connectivity index (χ4v) is 3.86. The Labute approximate surface area is 160 Å². The van der Waals surface area contributed by atoms with Crippen LogP contribution < -0.4 is 4.90 Å². The van der Waals surface area contributed by atoms with Crippen LogP contribution in [0.25, 0.3) is 28.0 Å². The van der Waals surface area contributed by atoms with E-state index in [1.165, 1.54) is 17.0 Å². The van der Waals surface area contributed by atoms with E-state index in [0.29, 0.717) is 13.0 Å². The predicted octanol–water partition coefficient (Wildman–Crippen LogP) is 4.87. The van der Waals surface area contributed by atoms with Crippen molar-refractivity contribution in [1.29, 1.82) is 0 Å². The first kappa shape index (κ1) is 16.5. The third-order valence-corrected chi connectivity index (χ3v) is 5.15. The number of pyridine rings is 1. The average molecular weight is 373 g/mol. The van der Waals surface area contributed by atoms with Crippen LogP contribution >= 0.6 is 0 Å². The van der Waals surface area contributed by atoms with Gasteiger partial charge in [0.05, 0.1) is 11.4 Å². The van der Waals surface area contributed by atoms with Crippen molar-refractivity contribution in [2.75, 3.05) is 11.4 Å². The van der Waals surface area contributed by atoms with Crippen LogP contribution in [-0.2, 0) is 6.42 Å². The second kappa shape index (κ2) is 6.20. The van der Waals surface area contributed by atoms with Gasteiger partial charge >= 0.3 is 6.09 Å². The van der Waals surface area contributed by atoms with Gasteiger partial charge in [-0.3, -0.25) is 9.47 Å². The Morgan fingerprint density at radius 2 is 1.89 bits per heavy atom. The standard InChI is InChI=1S/C22H16FN3O2/c23-17-5-3-14(4-6-17)20-13-16-2-1-10-24-21(16)26(20)18-7-8-19-15(12-18)9-11-25(19)22(27)28/h1-8,10,12-13H,9,11H2,(H,27,28). The molecule has 0 spiro atoms. The molecule has 0 saturated heterocycles. The molecule has 28 heavy (non-hydrogen) atoms. The second-order valence-electron chi connectivity index (χ2n) is 6.79. The smallest absolute Gasteiger partial charge is 0.411 e. The normalized spacial score (nSPS) is 13.1. The Kier molecular flexibility index (Phi) is 3.65. The molecule has 5 rings (SSSR count). The summed E-state index contributed by atoms with van der Waals surface area (Å²) in [5.74, 6) is -0.282. The van der Waals surface area contributed by atoms with E-state index in [9.17, 15) is 14.3 Å². The van der Waals surface area contributed by atoms with Gasteiger partial charge in [-0.15, -0.1) is 0 Å². The maximum atomic E-state index is 13.4. The molecule has 0 radical (unpaired) electrons. The fraction of sp³-hybridized carbons (Fsp3) is 0.0909. The largest absolute Gasteiger partial charge is 0.465 e. The zero-order valence-electron chi connectivity index (χ0n) is 14.8. The molecule has 5 nitrogen and oxygen atoms in total. The number of amides is 1. The van der Waals surface area contributed by atoms with E-state index in [1.807, 2.05) is 41.0 Å². The molecule has 0 unspecified atom stereocenters. The first-order valence-electron chi connectivity index (χ1n) is 8.98. The number of benzene rings is 2. The molecule has 0 fully saturated rings.